The molecule has 17 heavy (non-hydrogen) atoms. The van der Waals surface area contributed by atoms with Crippen LogP contribution in [0.25, 0.3) is 0 Å². The van der Waals surface area contributed by atoms with Crippen LogP contribution in [0.5, 0.6) is 0 Å². The first-order valence-corrected chi connectivity index (χ1v) is 5.36. The molecular formula is C10H6N4O2S. The van der Waals surface area contributed by atoms with Crippen LogP contribution in [0.3, 0.4) is 0 Å². The number of anilines is 1. The van der Waals surface area contributed by atoms with E-state index in [4.69, 9.17) is 5.26 Å². The van der Waals surface area contributed by atoms with Crippen molar-refractivity contribution in [2.24, 2.45) is 0 Å². The second kappa shape index (κ2) is 5.14. The van der Waals surface area contributed by atoms with Crippen molar-refractivity contribution in [2.45, 2.75) is 4.90 Å². The molecule has 0 atom stereocenters. The molecule has 1 aromatic heterocycles. The van der Waals surface area contributed by atoms with Crippen molar-refractivity contribution in [3.63, 3.8) is 0 Å². The Hall–Kier alpha value is -2.33. The van der Waals surface area contributed by atoms with Crippen molar-refractivity contribution in [1.29, 1.82) is 5.26 Å². The third-order valence-electron chi connectivity index (χ3n) is 1.87. The van der Waals surface area contributed by atoms with Gasteiger partial charge < -0.3 is 5.32 Å². The Bertz CT molecular complexity index is 545. The molecule has 1 N–H and O–H groups in total. The smallest absolute Gasteiger partial charge is 0.279 e. The molecule has 7 heteroatoms. The van der Waals surface area contributed by atoms with Crippen molar-refractivity contribution in [3.05, 3.63) is 36.2 Å². The molecule has 1 amide bonds. The van der Waals surface area contributed by atoms with Crippen LogP contribution in [0.4, 0.5) is 5.69 Å². The fraction of sp³-hybridized carbons (Fsp3) is 0. The van der Waals surface area contributed by atoms with Gasteiger partial charge in [0.1, 0.15) is 11.6 Å². The van der Waals surface area contributed by atoms with E-state index in [-0.39, 0.29) is 5.69 Å². The fourth-order valence-electron chi connectivity index (χ4n) is 1.12. The van der Waals surface area contributed by atoms with E-state index in [0.717, 1.165) is 16.7 Å². The van der Waals surface area contributed by atoms with E-state index in [1.54, 1.807) is 24.3 Å². The summed E-state index contributed by atoms with van der Waals surface area (Å²) in [6.45, 7) is 0. The number of rotatable bonds is 3. The van der Waals surface area contributed by atoms with E-state index in [1.165, 1.54) is 6.20 Å². The lowest BCUT2D eigenvalue weighted by atomic mass is 10.3. The number of thiocyanates is 1. The predicted octanol–water partition coefficient (Wildman–Crippen LogP) is 1.90. The lowest BCUT2D eigenvalue weighted by Gasteiger charge is -2.02. The molecule has 0 saturated heterocycles. The minimum atomic E-state index is -0.396. The van der Waals surface area contributed by atoms with E-state index in [9.17, 15) is 4.79 Å². The third kappa shape index (κ3) is 2.83. The normalized spacial score (nSPS) is 9.59. The Morgan fingerprint density at radius 1 is 1.41 bits per heavy atom. The highest BCUT2D eigenvalue weighted by molar-refractivity contribution is 8.03. The SMILES string of the molecule is N#CSc1ccc(NC(=O)c2cnon2)cc1. The summed E-state index contributed by atoms with van der Waals surface area (Å²) in [5.74, 6) is -0.396. The number of benzene rings is 1. The van der Waals surface area contributed by atoms with Crippen LogP contribution in [0.2, 0.25) is 0 Å². The van der Waals surface area contributed by atoms with Gasteiger partial charge in [-0.15, -0.1) is 0 Å². The van der Waals surface area contributed by atoms with Gasteiger partial charge in [-0.25, -0.2) is 4.63 Å². The average Bonchev–Trinajstić information content (AvgIpc) is 2.86. The second-order valence-electron chi connectivity index (χ2n) is 2.96. The molecule has 0 spiro atoms. The number of amides is 1. The maximum atomic E-state index is 11.6. The van der Waals surface area contributed by atoms with Gasteiger partial charge in [-0.2, -0.15) is 5.26 Å². The van der Waals surface area contributed by atoms with Crippen LogP contribution in [0.15, 0.2) is 40.0 Å². The zero-order valence-corrected chi connectivity index (χ0v) is 9.27. The molecule has 0 aliphatic rings. The zero-order valence-electron chi connectivity index (χ0n) is 8.45. The second-order valence-corrected chi connectivity index (χ2v) is 3.82. The molecule has 0 unspecified atom stereocenters. The largest absolute Gasteiger partial charge is 0.320 e. The average molecular weight is 246 g/mol. The summed E-state index contributed by atoms with van der Waals surface area (Å²) in [4.78, 5) is 12.4. The Morgan fingerprint density at radius 2 is 2.18 bits per heavy atom. The number of carbonyl (C=O) groups excluding carboxylic acids is 1. The van der Waals surface area contributed by atoms with Crippen molar-refractivity contribution < 1.29 is 9.42 Å². The highest BCUT2D eigenvalue weighted by atomic mass is 32.2. The highest BCUT2D eigenvalue weighted by Gasteiger charge is 2.09. The predicted molar refractivity (Wildman–Crippen MR) is 60.2 cm³/mol. The highest BCUT2D eigenvalue weighted by Crippen LogP contribution is 2.19. The Morgan fingerprint density at radius 3 is 2.76 bits per heavy atom. The monoisotopic (exact) mass is 246 g/mol. The number of aromatic nitrogens is 2. The first kappa shape index (κ1) is 11.2. The third-order valence-corrected chi connectivity index (χ3v) is 2.47. The van der Waals surface area contributed by atoms with Crippen LogP contribution in [-0.2, 0) is 0 Å². The van der Waals surface area contributed by atoms with Gasteiger partial charge in [-0.05, 0) is 41.2 Å². The summed E-state index contributed by atoms with van der Waals surface area (Å²) in [5, 5.41) is 19.8. The maximum absolute atomic E-state index is 11.6. The topological polar surface area (TPSA) is 91.8 Å². The Labute approximate surface area is 101 Å². The van der Waals surface area contributed by atoms with Crippen molar-refractivity contribution in [1.82, 2.24) is 10.3 Å². The van der Waals surface area contributed by atoms with Crippen LogP contribution >= 0.6 is 11.8 Å². The van der Waals surface area contributed by atoms with Crippen LogP contribution in [0.1, 0.15) is 10.5 Å². The van der Waals surface area contributed by atoms with Gasteiger partial charge in [0, 0.05) is 10.6 Å². The molecule has 0 aliphatic heterocycles. The number of hydrogen-bond acceptors (Lipinski definition) is 6. The first-order valence-electron chi connectivity index (χ1n) is 4.54. The first-order chi connectivity index (χ1) is 8.29. The number of carbonyl (C=O) groups is 1. The molecule has 6 nitrogen and oxygen atoms in total. The molecule has 0 bridgehead atoms. The molecule has 0 fully saturated rings. The quantitative estimate of drug-likeness (QED) is 0.656. The molecular weight excluding hydrogens is 240 g/mol. The van der Waals surface area contributed by atoms with Crippen LogP contribution in [-0.4, -0.2) is 16.2 Å². The van der Waals surface area contributed by atoms with Crippen molar-refractivity contribution in [2.75, 3.05) is 5.32 Å². The van der Waals surface area contributed by atoms with E-state index < -0.39 is 5.91 Å². The van der Waals surface area contributed by atoms with E-state index in [1.807, 2.05) is 5.40 Å². The number of hydrogen-bond donors (Lipinski definition) is 1. The number of nitrogens with one attached hydrogen (secondary N) is 1. The standard InChI is InChI=1S/C10H6N4O2S/c11-6-17-8-3-1-7(2-4-8)13-10(15)9-5-12-16-14-9/h1-5H,(H,13,15). The van der Waals surface area contributed by atoms with Gasteiger partial charge in [0.2, 0.25) is 0 Å². The summed E-state index contributed by atoms with van der Waals surface area (Å²) >= 11 is 1.06. The lowest BCUT2D eigenvalue weighted by molar-refractivity contribution is 0.101. The minimum absolute atomic E-state index is 0.112. The van der Waals surface area contributed by atoms with Crippen LogP contribution in [0, 0.1) is 10.7 Å². The molecule has 2 rings (SSSR count). The van der Waals surface area contributed by atoms with Crippen molar-refractivity contribution in [3.8, 4) is 5.40 Å². The van der Waals surface area contributed by atoms with Gasteiger partial charge in [0.25, 0.3) is 5.91 Å². The molecule has 1 heterocycles. The van der Waals surface area contributed by atoms with E-state index in [0.29, 0.717) is 5.69 Å². The lowest BCUT2D eigenvalue weighted by Crippen LogP contribution is -2.11. The summed E-state index contributed by atoms with van der Waals surface area (Å²) in [6.07, 6.45) is 1.23. The molecule has 84 valence electrons. The van der Waals surface area contributed by atoms with Gasteiger partial charge in [-0.1, -0.05) is 5.16 Å². The summed E-state index contributed by atoms with van der Waals surface area (Å²) < 4.78 is 4.32. The molecule has 0 radical (unpaired) electrons. The Balaban J connectivity index is 2.05. The fourth-order valence-corrected chi connectivity index (χ4v) is 1.50. The van der Waals surface area contributed by atoms with Crippen LogP contribution < -0.4 is 5.32 Å². The van der Waals surface area contributed by atoms with Gasteiger partial charge in [0.15, 0.2) is 5.69 Å². The summed E-state index contributed by atoms with van der Waals surface area (Å²) in [7, 11) is 0. The van der Waals surface area contributed by atoms with Gasteiger partial charge in [0.05, 0.1) is 0 Å². The van der Waals surface area contributed by atoms with E-state index >= 15 is 0 Å². The van der Waals surface area contributed by atoms with Gasteiger partial charge >= 0.3 is 0 Å². The van der Waals surface area contributed by atoms with Crippen molar-refractivity contribution >= 4 is 23.4 Å². The number of nitrogens with zero attached hydrogens (tertiary/aromatic N) is 3. The summed E-state index contributed by atoms with van der Waals surface area (Å²) in [6, 6.07) is 6.88. The number of nitriles is 1. The molecule has 0 saturated carbocycles. The maximum Gasteiger partial charge on any atom is 0.279 e. The van der Waals surface area contributed by atoms with Gasteiger partial charge in [-0.3, -0.25) is 4.79 Å². The molecule has 0 aliphatic carbocycles. The number of thioether (sulfide) groups is 1. The van der Waals surface area contributed by atoms with E-state index in [2.05, 4.69) is 20.3 Å². The minimum Gasteiger partial charge on any atom is -0.320 e. The Kier molecular flexibility index (Phi) is 3.37. The summed E-state index contributed by atoms with van der Waals surface area (Å²) in [5.41, 5.74) is 0.723. The molecule has 2 aromatic rings. The zero-order chi connectivity index (χ0) is 12.1. The molecule has 1 aromatic carbocycles.